The summed E-state index contributed by atoms with van der Waals surface area (Å²) in [5, 5.41) is 9.70. The van der Waals surface area contributed by atoms with Crippen LogP contribution < -0.4 is 10.6 Å². The zero-order valence-corrected chi connectivity index (χ0v) is 14.3. The first-order valence-corrected chi connectivity index (χ1v) is 8.13. The van der Waals surface area contributed by atoms with Gasteiger partial charge in [-0.25, -0.2) is 0 Å². The lowest BCUT2D eigenvalue weighted by Gasteiger charge is -2.15. The number of aromatic nitrogens is 2. The van der Waals surface area contributed by atoms with Crippen LogP contribution >= 0.6 is 12.2 Å². The first-order chi connectivity index (χ1) is 12.4. The fourth-order valence-corrected chi connectivity index (χ4v) is 2.64. The molecule has 0 aliphatic heterocycles. The van der Waals surface area contributed by atoms with Crippen molar-refractivity contribution in [3.05, 3.63) is 78.1 Å². The first kappa shape index (κ1) is 17.9. The second-order valence-corrected chi connectivity index (χ2v) is 5.94. The highest BCUT2D eigenvalue weighted by molar-refractivity contribution is 7.80. The molecule has 3 aromatic rings. The highest BCUT2D eigenvalue weighted by Crippen LogP contribution is 2.34. The van der Waals surface area contributed by atoms with Gasteiger partial charge in [0.2, 0.25) is 0 Å². The summed E-state index contributed by atoms with van der Waals surface area (Å²) in [5.41, 5.74) is 0.794. The second-order valence-electron chi connectivity index (χ2n) is 5.53. The molecule has 3 rings (SSSR count). The number of benzene rings is 2. The maximum atomic E-state index is 13.0. The van der Waals surface area contributed by atoms with Gasteiger partial charge in [-0.1, -0.05) is 42.5 Å². The number of rotatable bonds is 4. The third-order valence-corrected chi connectivity index (χ3v) is 3.76. The van der Waals surface area contributed by atoms with Gasteiger partial charge in [0.1, 0.15) is 0 Å². The molecule has 1 heterocycles. The Balaban J connectivity index is 1.65. The predicted molar refractivity (Wildman–Crippen MR) is 99.1 cm³/mol. The van der Waals surface area contributed by atoms with Crippen LogP contribution in [0.1, 0.15) is 11.1 Å². The average molecular weight is 376 g/mol. The summed E-state index contributed by atoms with van der Waals surface area (Å²) < 4.78 is 40.8. The van der Waals surface area contributed by atoms with Crippen molar-refractivity contribution in [1.29, 1.82) is 0 Å². The maximum absolute atomic E-state index is 13.0. The van der Waals surface area contributed by atoms with E-state index in [1.807, 2.05) is 30.3 Å². The predicted octanol–water partition coefficient (Wildman–Crippen LogP) is 4.76. The molecule has 134 valence electrons. The van der Waals surface area contributed by atoms with E-state index in [4.69, 9.17) is 12.2 Å². The summed E-state index contributed by atoms with van der Waals surface area (Å²) in [6.45, 7) is 0.583. The number of halogens is 3. The highest BCUT2D eigenvalue weighted by Gasteiger charge is 2.33. The Bertz CT molecular complexity index is 891. The second kappa shape index (κ2) is 7.57. The van der Waals surface area contributed by atoms with Crippen molar-refractivity contribution in [1.82, 2.24) is 9.78 Å². The van der Waals surface area contributed by atoms with Crippen LogP contribution in [0.25, 0.3) is 0 Å². The number of alkyl halides is 3. The van der Waals surface area contributed by atoms with Crippen molar-refractivity contribution in [2.24, 2.45) is 0 Å². The quantitative estimate of drug-likeness (QED) is 0.645. The van der Waals surface area contributed by atoms with E-state index in [1.54, 1.807) is 17.1 Å². The van der Waals surface area contributed by atoms with E-state index in [0.29, 0.717) is 12.2 Å². The fourth-order valence-electron chi connectivity index (χ4n) is 2.41. The molecule has 0 fully saturated rings. The van der Waals surface area contributed by atoms with Crippen molar-refractivity contribution in [3.63, 3.8) is 0 Å². The monoisotopic (exact) mass is 376 g/mol. The van der Waals surface area contributed by atoms with Crippen LogP contribution in [0.4, 0.5) is 24.5 Å². The van der Waals surface area contributed by atoms with Gasteiger partial charge in [0.05, 0.1) is 29.7 Å². The minimum absolute atomic E-state index is 0.0564. The highest BCUT2D eigenvalue weighted by atomic mass is 32.1. The van der Waals surface area contributed by atoms with E-state index < -0.39 is 11.7 Å². The third kappa shape index (κ3) is 4.60. The molecule has 0 saturated heterocycles. The minimum Gasteiger partial charge on any atom is -0.332 e. The van der Waals surface area contributed by atoms with Crippen LogP contribution in [-0.2, 0) is 12.7 Å². The van der Waals surface area contributed by atoms with Crippen molar-refractivity contribution in [2.75, 3.05) is 10.6 Å². The van der Waals surface area contributed by atoms with Crippen LogP contribution in [0.3, 0.4) is 0 Å². The molecule has 0 radical (unpaired) electrons. The molecule has 0 unspecified atom stereocenters. The third-order valence-electron chi connectivity index (χ3n) is 3.56. The minimum atomic E-state index is -4.46. The molecule has 0 amide bonds. The summed E-state index contributed by atoms with van der Waals surface area (Å²) in [7, 11) is 0. The molecule has 0 bridgehead atoms. The average Bonchev–Trinajstić information content (AvgIpc) is 3.02. The number of nitrogens with one attached hydrogen (secondary N) is 2. The van der Waals surface area contributed by atoms with Crippen molar-refractivity contribution in [3.8, 4) is 0 Å². The molecule has 2 N–H and O–H groups in total. The van der Waals surface area contributed by atoms with Crippen molar-refractivity contribution < 1.29 is 13.2 Å². The van der Waals surface area contributed by atoms with Gasteiger partial charge >= 0.3 is 6.18 Å². The Morgan fingerprint density at radius 1 is 1.00 bits per heavy atom. The lowest BCUT2D eigenvalue weighted by atomic mass is 10.1. The number of thiocarbonyl (C=S) groups is 1. The Morgan fingerprint density at radius 3 is 2.42 bits per heavy atom. The molecule has 2 aromatic carbocycles. The fraction of sp³-hybridized carbons (Fsp3) is 0.111. The number of para-hydroxylation sites is 1. The van der Waals surface area contributed by atoms with E-state index >= 15 is 0 Å². The normalized spacial score (nSPS) is 11.2. The van der Waals surface area contributed by atoms with Gasteiger partial charge in [-0.2, -0.15) is 18.3 Å². The van der Waals surface area contributed by atoms with Gasteiger partial charge in [0.25, 0.3) is 0 Å². The standard InChI is InChI=1S/C18H15F3N4S/c19-18(20,21)15-8-4-5-9-16(15)24-17(26)23-14-10-22-25(12-14)11-13-6-2-1-3-7-13/h1-10,12H,11H2,(H2,23,24,26). The zero-order valence-electron chi connectivity index (χ0n) is 13.5. The zero-order chi connectivity index (χ0) is 18.6. The lowest BCUT2D eigenvalue weighted by Crippen LogP contribution is -2.21. The van der Waals surface area contributed by atoms with E-state index in [0.717, 1.165) is 11.6 Å². The van der Waals surface area contributed by atoms with Crippen LogP contribution in [0.15, 0.2) is 67.0 Å². The molecule has 0 spiro atoms. The maximum Gasteiger partial charge on any atom is 0.418 e. The van der Waals surface area contributed by atoms with Crippen LogP contribution in [0, 0.1) is 0 Å². The molecular formula is C18H15F3N4S. The van der Waals surface area contributed by atoms with Crippen LogP contribution in [0.2, 0.25) is 0 Å². The van der Waals surface area contributed by atoms with E-state index in [9.17, 15) is 13.2 Å². The molecule has 26 heavy (non-hydrogen) atoms. The molecule has 4 nitrogen and oxygen atoms in total. The Hall–Kier alpha value is -2.87. The van der Waals surface area contributed by atoms with Crippen molar-refractivity contribution in [2.45, 2.75) is 12.7 Å². The summed E-state index contributed by atoms with van der Waals surface area (Å²) >= 11 is 5.11. The van der Waals surface area contributed by atoms with Gasteiger partial charge in [-0.05, 0) is 29.9 Å². The summed E-state index contributed by atoms with van der Waals surface area (Å²) in [6.07, 6.45) is -1.16. The molecule has 8 heteroatoms. The van der Waals surface area contributed by atoms with Gasteiger partial charge in [-0.3, -0.25) is 4.68 Å². The smallest absolute Gasteiger partial charge is 0.332 e. The van der Waals surface area contributed by atoms with E-state index in [2.05, 4.69) is 15.7 Å². The largest absolute Gasteiger partial charge is 0.418 e. The Kier molecular flexibility index (Phi) is 5.22. The van der Waals surface area contributed by atoms with Crippen LogP contribution in [0.5, 0.6) is 0 Å². The van der Waals surface area contributed by atoms with E-state index in [-0.39, 0.29) is 10.8 Å². The Morgan fingerprint density at radius 2 is 1.69 bits per heavy atom. The van der Waals surface area contributed by atoms with Gasteiger partial charge < -0.3 is 10.6 Å². The summed E-state index contributed by atoms with van der Waals surface area (Å²) in [5.74, 6) is 0. The molecule has 0 aliphatic carbocycles. The number of nitrogens with zero attached hydrogens (tertiary/aromatic N) is 2. The lowest BCUT2D eigenvalue weighted by molar-refractivity contribution is -0.136. The van der Waals surface area contributed by atoms with Crippen LogP contribution in [-0.4, -0.2) is 14.9 Å². The van der Waals surface area contributed by atoms with Gasteiger partial charge in [0.15, 0.2) is 5.11 Å². The summed E-state index contributed by atoms with van der Waals surface area (Å²) in [4.78, 5) is 0. The van der Waals surface area contributed by atoms with E-state index in [1.165, 1.54) is 18.2 Å². The molecule has 0 saturated carbocycles. The first-order valence-electron chi connectivity index (χ1n) is 7.72. The number of hydrogen-bond acceptors (Lipinski definition) is 2. The molecular weight excluding hydrogens is 361 g/mol. The topological polar surface area (TPSA) is 41.9 Å². The molecule has 0 aliphatic rings. The number of hydrogen-bond donors (Lipinski definition) is 2. The summed E-state index contributed by atoms with van der Waals surface area (Å²) in [6, 6.07) is 14.9. The Labute approximate surface area is 153 Å². The SMILES string of the molecule is FC(F)(F)c1ccccc1NC(=S)Nc1cnn(Cc2ccccc2)c1. The van der Waals surface area contributed by atoms with Gasteiger partial charge in [-0.15, -0.1) is 0 Å². The number of anilines is 2. The van der Waals surface area contributed by atoms with Crippen molar-refractivity contribution >= 4 is 28.7 Å². The van der Waals surface area contributed by atoms with Gasteiger partial charge in [0, 0.05) is 6.20 Å². The molecule has 0 atom stereocenters. The molecule has 1 aromatic heterocycles.